The number of nitrogens with zero attached hydrogens (tertiary/aromatic N) is 4. The van der Waals surface area contributed by atoms with Crippen LogP contribution in [0.4, 0.5) is 24.8 Å². The molecular weight excluding hydrogens is 415 g/mol. The Labute approximate surface area is 177 Å². The Balaban J connectivity index is 1.40. The second-order valence-corrected chi connectivity index (χ2v) is 8.91. The first kappa shape index (κ1) is 21.0. The standard InChI is InChI=1S/C20H24F3N5OS/c1-13-7-9-27(10-8-13)18-25-26-19(28(18)16-5-6-16)30-12-17(29)24-15-4-2-3-14(11-15)20(21,22)23/h2-4,11,13,16H,5-10,12H2,1H3,(H,24,29). The first-order valence-corrected chi connectivity index (χ1v) is 11.1. The van der Waals surface area contributed by atoms with Gasteiger partial charge in [0.15, 0.2) is 5.16 Å². The highest BCUT2D eigenvalue weighted by atomic mass is 32.2. The lowest BCUT2D eigenvalue weighted by Crippen LogP contribution is -2.34. The van der Waals surface area contributed by atoms with Crippen LogP contribution in [0.25, 0.3) is 0 Å². The highest BCUT2D eigenvalue weighted by Gasteiger charge is 2.33. The number of carbonyl (C=O) groups excluding carboxylic acids is 1. The summed E-state index contributed by atoms with van der Waals surface area (Å²) < 4.78 is 40.6. The van der Waals surface area contributed by atoms with Crippen molar-refractivity contribution in [2.75, 3.05) is 29.1 Å². The highest BCUT2D eigenvalue weighted by Crippen LogP contribution is 2.41. The maximum atomic E-state index is 12.8. The summed E-state index contributed by atoms with van der Waals surface area (Å²) in [4.78, 5) is 14.6. The van der Waals surface area contributed by atoms with E-state index in [0.29, 0.717) is 17.1 Å². The average Bonchev–Trinajstić information content (AvgIpc) is 3.46. The summed E-state index contributed by atoms with van der Waals surface area (Å²) in [6.07, 6.45) is -0.0594. The van der Waals surface area contributed by atoms with Gasteiger partial charge in [0.1, 0.15) is 0 Å². The average molecular weight is 440 g/mol. The summed E-state index contributed by atoms with van der Waals surface area (Å²) in [5, 5.41) is 11.9. The van der Waals surface area contributed by atoms with E-state index in [2.05, 4.69) is 31.9 Å². The van der Waals surface area contributed by atoms with E-state index in [4.69, 9.17) is 0 Å². The van der Waals surface area contributed by atoms with Gasteiger partial charge in [-0.15, -0.1) is 10.2 Å². The third kappa shape index (κ3) is 4.91. The Bertz CT molecular complexity index is 904. The van der Waals surface area contributed by atoms with Crippen LogP contribution >= 0.6 is 11.8 Å². The topological polar surface area (TPSA) is 63.1 Å². The van der Waals surface area contributed by atoms with Crippen molar-refractivity contribution in [2.24, 2.45) is 5.92 Å². The Hall–Kier alpha value is -2.23. The monoisotopic (exact) mass is 439 g/mol. The van der Waals surface area contributed by atoms with Gasteiger partial charge in [-0.3, -0.25) is 9.36 Å². The van der Waals surface area contributed by atoms with Crippen molar-refractivity contribution in [1.82, 2.24) is 14.8 Å². The van der Waals surface area contributed by atoms with E-state index in [0.717, 1.165) is 56.9 Å². The number of carbonyl (C=O) groups is 1. The predicted molar refractivity (Wildman–Crippen MR) is 110 cm³/mol. The van der Waals surface area contributed by atoms with Crippen LogP contribution in [0, 0.1) is 5.92 Å². The van der Waals surface area contributed by atoms with E-state index in [9.17, 15) is 18.0 Å². The zero-order valence-corrected chi connectivity index (χ0v) is 17.5. The second kappa shape index (κ2) is 8.49. The van der Waals surface area contributed by atoms with Crippen molar-refractivity contribution in [3.05, 3.63) is 29.8 Å². The summed E-state index contributed by atoms with van der Waals surface area (Å²) >= 11 is 1.27. The van der Waals surface area contributed by atoms with Gasteiger partial charge in [-0.05, 0) is 49.8 Å². The lowest BCUT2D eigenvalue weighted by molar-refractivity contribution is -0.137. The van der Waals surface area contributed by atoms with Gasteiger partial charge in [-0.2, -0.15) is 13.2 Å². The van der Waals surface area contributed by atoms with Crippen LogP contribution in [0.3, 0.4) is 0 Å². The molecule has 1 saturated heterocycles. The van der Waals surface area contributed by atoms with Crippen LogP contribution < -0.4 is 10.2 Å². The number of rotatable bonds is 6. The number of amides is 1. The second-order valence-electron chi connectivity index (χ2n) is 7.97. The van der Waals surface area contributed by atoms with Crippen molar-refractivity contribution in [2.45, 2.75) is 50.0 Å². The van der Waals surface area contributed by atoms with Crippen molar-refractivity contribution < 1.29 is 18.0 Å². The molecule has 30 heavy (non-hydrogen) atoms. The molecule has 2 aromatic rings. The number of benzene rings is 1. The minimum Gasteiger partial charge on any atom is -0.341 e. The lowest BCUT2D eigenvalue weighted by atomic mass is 10.00. The molecule has 1 aromatic carbocycles. The molecule has 1 aliphatic carbocycles. The van der Waals surface area contributed by atoms with Crippen LogP contribution in [-0.2, 0) is 11.0 Å². The fraction of sp³-hybridized carbons (Fsp3) is 0.550. The minimum absolute atomic E-state index is 0.0537. The molecule has 2 aliphatic rings. The number of alkyl halides is 3. The van der Waals surface area contributed by atoms with Gasteiger partial charge in [0.2, 0.25) is 11.9 Å². The maximum absolute atomic E-state index is 12.8. The molecule has 2 heterocycles. The number of aromatic nitrogens is 3. The molecule has 2 fully saturated rings. The molecule has 0 bridgehead atoms. The van der Waals surface area contributed by atoms with Crippen molar-refractivity contribution in [3.8, 4) is 0 Å². The van der Waals surface area contributed by atoms with Gasteiger partial charge >= 0.3 is 6.18 Å². The molecule has 0 unspecified atom stereocenters. The maximum Gasteiger partial charge on any atom is 0.416 e. The zero-order valence-electron chi connectivity index (χ0n) is 16.7. The number of piperidine rings is 1. The van der Waals surface area contributed by atoms with Crippen LogP contribution in [0.1, 0.15) is 44.2 Å². The number of thioether (sulfide) groups is 1. The van der Waals surface area contributed by atoms with E-state index in [1.807, 2.05) is 0 Å². The number of anilines is 2. The quantitative estimate of drug-likeness (QED) is 0.667. The number of hydrogen-bond donors (Lipinski definition) is 1. The van der Waals surface area contributed by atoms with Crippen molar-refractivity contribution in [1.29, 1.82) is 0 Å². The zero-order chi connectivity index (χ0) is 21.3. The summed E-state index contributed by atoms with van der Waals surface area (Å²) in [5.41, 5.74) is -0.663. The molecule has 6 nitrogen and oxygen atoms in total. The Morgan fingerprint density at radius 2 is 1.93 bits per heavy atom. The smallest absolute Gasteiger partial charge is 0.341 e. The van der Waals surface area contributed by atoms with Gasteiger partial charge in [-0.25, -0.2) is 0 Å². The normalized spacial score (nSPS) is 17.9. The molecule has 1 aliphatic heterocycles. The van der Waals surface area contributed by atoms with Crippen molar-refractivity contribution in [3.63, 3.8) is 0 Å². The van der Waals surface area contributed by atoms with Crippen LogP contribution in [0.15, 0.2) is 29.4 Å². The molecule has 0 radical (unpaired) electrons. The Kier molecular flexibility index (Phi) is 5.95. The molecule has 1 saturated carbocycles. The highest BCUT2D eigenvalue weighted by molar-refractivity contribution is 7.99. The van der Waals surface area contributed by atoms with Gasteiger partial charge in [0.05, 0.1) is 11.3 Å². The van der Waals surface area contributed by atoms with E-state index in [1.54, 1.807) is 0 Å². The fourth-order valence-electron chi connectivity index (χ4n) is 3.54. The minimum atomic E-state index is -4.45. The SMILES string of the molecule is CC1CCN(c2nnc(SCC(=O)Nc3cccc(C(F)(F)F)c3)n2C2CC2)CC1. The molecule has 0 atom stereocenters. The fourth-order valence-corrected chi connectivity index (χ4v) is 4.35. The molecular formula is C20H24F3N5OS. The van der Waals surface area contributed by atoms with Crippen LogP contribution in [-0.4, -0.2) is 39.5 Å². The van der Waals surface area contributed by atoms with E-state index >= 15 is 0 Å². The Morgan fingerprint density at radius 3 is 2.60 bits per heavy atom. The molecule has 1 N–H and O–H groups in total. The van der Waals surface area contributed by atoms with Gasteiger partial charge < -0.3 is 10.2 Å². The number of halogens is 3. The van der Waals surface area contributed by atoms with Gasteiger partial charge in [-0.1, -0.05) is 24.8 Å². The van der Waals surface area contributed by atoms with E-state index in [-0.39, 0.29) is 17.3 Å². The van der Waals surface area contributed by atoms with Gasteiger partial charge in [0, 0.05) is 24.8 Å². The molecule has 1 amide bonds. The largest absolute Gasteiger partial charge is 0.416 e. The molecule has 10 heteroatoms. The van der Waals surface area contributed by atoms with Crippen molar-refractivity contribution >= 4 is 29.3 Å². The Morgan fingerprint density at radius 1 is 1.20 bits per heavy atom. The third-order valence-electron chi connectivity index (χ3n) is 5.43. The number of nitrogens with one attached hydrogen (secondary N) is 1. The summed E-state index contributed by atoms with van der Waals surface area (Å²) in [6.45, 7) is 4.16. The van der Waals surface area contributed by atoms with E-state index < -0.39 is 11.7 Å². The summed E-state index contributed by atoms with van der Waals surface area (Å²) in [5.74, 6) is 1.26. The lowest BCUT2D eigenvalue weighted by Gasteiger charge is -2.31. The van der Waals surface area contributed by atoms with Crippen LogP contribution in [0.5, 0.6) is 0 Å². The molecule has 4 rings (SSSR count). The molecule has 162 valence electrons. The van der Waals surface area contributed by atoms with Gasteiger partial charge in [0.25, 0.3) is 0 Å². The first-order valence-electron chi connectivity index (χ1n) is 10.1. The first-order chi connectivity index (χ1) is 14.3. The molecule has 0 spiro atoms. The summed E-state index contributed by atoms with van der Waals surface area (Å²) in [7, 11) is 0. The summed E-state index contributed by atoms with van der Waals surface area (Å²) in [6, 6.07) is 5.00. The molecule has 1 aromatic heterocycles. The number of hydrogen-bond acceptors (Lipinski definition) is 5. The predicted octanol–water partition coefficient (Wildman–Crippen LogP) is 4.60. The van der Waals surface area contributed by atoms with E-state index in [1.165, 1.54) is 23.9 Å². The third-order valence-corrected chi connectivity index (χ3v) is 6.37. The van der Waals surface area contributed by atoms with Crippen LogP contribution in [0.2, 0.25) is 0 Å².